The van der Waals surface area contributed by atoms with Gasteiger partial charge in [0, 0.05) is 28.9 Å². The second-order valence-electron chi connectivity index (χ2n) is 4.46. The first kappa shape index (κ1) is 11.1. The quantitative estimate of drug-likeness (QED) is 0.829. The highest BCUT2D eigenvalue weighted by Gasteiger charge is 2.14. The summed E-state index contributed by atoms with van der Waals surface area (Å²) in [4.78, 5) is 5.49. The fourth-order valence-corrected chi connectivity index (χ4v) is 3.06. The first-order chi connectivity index (χ1) is 7.24. The predicted octanol–water partition coefficient (Wildman–Crippen LogP) is 2.24. The van der Waals surface area contributed by atoms with Gasteiger partial charge in [-0.25, -0.2) is 0 Å². The summed E-state index contributed by atoms with van der Waals surface area (Å²) in [5.74, 6) is 0. The van der Waals surface area contributed by atoms with Gasteiger partial charge in [0.05, 0.1) is 0 Å². The van der Waals surface area contributed by atoms with Crippen LogP contribution in [0.2, 0.25) is 0 Å². The van der Waals surface area contributed by atoms with Crippen molar-refractivity contribution in [3.05, 3.63) is 21.9 Å². The molecule has 1 aliphatic rings. The van der Waals surface area contributed by atoms with Crippen molar-refractivity contribution >= 4 is 11.3 Å². The van der Waals surface area contributed by atoms with Crippen molar-refractivity contribution in [3.8, 4) is 0 Å². The fraction of sp³-hybridized carbons (Fsp3) is 0.667. The standard InChI is InChI=1S/C12H20N2S/c1-10-8-14(7-3-6-13-10)9-12-5-4-11(2)15-12/h4-5,10,13H,3,6-9H2,1-2H3. The summed E-state index contributed by atoms with van der Waals surface area (Å²) < 4.78 is 0. The lowest BCUT2D eigenvalue weighted by atomic mass is 10.3. The normalized spacial score (nSPS) is 24.0. The van der Waals surface area contributed by atoms with Gasteiger partial charge in [-0.3, -0.25) is 4.90 Å². The van der Waals surface area contributed by atoms with Crippen molar-refractivity contribution in [1.29, 1.82) is 0 Å². The maximum absolute atomic E-state index is 3.53. The van der Waals surface area contributed by atoms with Gasteiger partial charge < -0.3 is 5.32 Å². The van der Waals surface area contributed by atoms with Crippen molar-refractivity contribution in [2.45, 2.75) is 32.9 Å². The summed E-state index contributed by atoms with van der Waals surface area (Å²) in [7, 11) is 0. The molecule has 1 aromatic heterocycles. The molecule has 1 aromatic rings. The molecule has 0 radical (unpaired) electrons. The van der Waals surface area contributed by atoms with E-state index in [9.17, 15) is 0 Å². The van der Waals surface area contributed by atoms with Gasteiger partial charge in [0.25, 0.3) is 0 Å². The molecule has 0 saturated carbocycles. The Morgan fingerprint density at radius 3 is 3.13 bits per heavy atom. The lowest BCUT2D eigenvalue weighted by Gasteiger charge is -2.21. The summed E-state index contributed by atoms with van der Waals surface area (Å²) in [6, 6.07) is 5.12. The molecule has 2 rings (SSSR count). The zero-order chi connectivity index (χ0) is 10.7. The summed E-state index contributed by atoms with van der Waals surface area (Å²) in [5, 5.41) is 3.53. The van der Waals surface area contributed by atoms with Crippen LogP contribution in [-0.4, -0.2) is 30.6 Å². The number of hydrogen-bond acceptors (Lipinski definition) is 3. The highest BCUT2D eigenvalue weighted by Crippen LogP contribution is 2.17. The second-order valence-corrected chi connectivity index (χ2v) is 5.83. The van der Waals surface area contributed by atoms with Gasteiger partial charge >= 0.3 is 0 Å². The van der Waals surface area contributed by atoms with Gasteiger partial charge in [0.15, 0.2) is 0 Å². The third kappa shape index (κ3) is 3.30. The molecule has 1 aliphatic heterocycles. The molecular weight excluding hydrogens is 204 g/mol. The minimum atomic E-state index is 0.633. The fourth-order valence-electron chi connectivity index (χ4n) is 2.13. The van der Waals surface area contributed by atoms with Crippen LogP contribution < -0.4 is 5.32 Å². The van der Waals surface area contributed by atoms with Crippen LogP contribution in [0.1, 0.15) is 23.1 Å². The molecule has 1 unspecified atom stereocenters. The lowest BCUT2D eigenvalue weighted by molar-refractivity contribution is 0.267. The van der Waals surface area contributed by atoms with Crippen LogP contribution in [0, 0.1) is 6.92 Å². The number of thiophene rings is 1. The molecule has 15 heavy (non-hydrogen) atoms. The molecular formula is C12H20N2S. The van der Waals surface area contributed by atoms with Crippen LogP contribution in [0.4, 0.5) is 0 Å². The van der Waals surface area contributed by atoms with Crippen LogP contribution in [0.5, 0.6) is 0 Å². The average molecular weight is 224 g/mol. The Morgan fingerprint density at radius 1 is 1.53 bits per heavy atom. The molecule has 2 nitrogen and oxygen atoms in total. The van der Waals surface area contributed by atoms with Gasteiger partial charge in [-0.2, -0.15) is 0 Å². The number of nitrogens with one attached hydrogen (secondary N) is 1. The molecule has 0 aromatic carbocycles. The van der Waals surface area contributed by atoms with Gasteiger partial charge in [0.1, 0.15) is 0 Å². The Hall–Kier alpha value is -0.380. The molecule has 1 saturated heterocycles. The number of aryl methyl sites for hydroxylation is 1. The van der Waals surface area contributed by atoms with E-state index in [-0.39, 0.29) is 0 Å². The Labute approximate surface area is 96.3 Å². The van der Waals surface area contributed by atoms with E-state index in [0.29, 0.717) is 6.04 Å². The highest BCUT2D eigenvalue weighted by atomic mass is 32.1. The van der Waals surface area contributed by atoms with Gasteiger partial charge in [-0.05, 0) is 45.5 Å². The number of rotatable bonds is 2. The van der Waals surface area contributed by atoms with E-state index in [1.165, 1.54) is 35.8 Å². The monoisotopic (exact) mass is 224 g/mol. The van der Waals surface area contributed by atoms with Crippen molar-refractivity contribution < 1.29 is 0 Å². The van der Waals surface area contributed by atoms with Crippen LogP contribution >= 0.6 is 11.3 Å². The van der Waals surface area contributed by atoms with Gasteiger partial charge in [-0.15, -0.1) is 11.3 Å². The Kier molecular flexibility index (Phi) is 3.78. The lowest BCUT2D eigenvalue weighted by Crippen LogP contribution is -2.34. The van der Waals surface area contributed by atoms with Crippen molar-refractivity contribution in [2.24, 2.45) is 0 Å². The van der Waals surface area contributed by atoms with Crippen LogP contribution in [0.3, 0.4) is 0 Å². The topological polar surface area (TPSA) is 15.3 Å². The summed E-state index contributed by atoms with van der Waals surface area (Å²) >= 11 is 1.93. The number of nitrogens with zero attached hydrogens (tertiary/aromatic N) is 1. The van der Waals surface area contributed by atoms with E-state index in [0.717, 1.165) is 6.54 Å². The Bertz CT molecular complexity index is 308. The van der Waals surface area contributed by atoms with Gasteiger partial charge in [0.2, 0.25) is 0 Å². The molecule has 1 atom stereocenters. The van der Waals surface area contributed by atoms with E-state index in [4.69, 9.17) is 0 Å². The SMILES string of the molecule is Cc1ccc(CN2CCCNC(C)C2)s1. The first-order valence-electron chi connectivity index (χ1n) is 5.75. The molecule has 1 fully saturated rings. The van der Waals surface area contributed by atoms with Crippen molar-refractivity contribution in [3.63, 3.8) is 0 Å². The summed E-state index contributed by atoms with van der Waals surface area (Å²) in [6.07, 6.45) is 1.27. The molecule has 0 aliphatic carbocycles. The molecule has 0 amide bonds. The Balaban J connectivity index is 1.92. The molecule has 1 N–H and O–H groups in total. The van der Waals surface area contributed by atoms with E-state index >= 15 is 0 Å². The largest absolute Gasteiger partial charge is 0.313 e. The maximum atomic E-state index is 3.53. The zero-order valence-electron chi connectivity index (χ0n) is 9.62. The maximum Gasteiger partial charge on any atom is 0.0328 e. The van der Waals surface area contributed by atoms with Crippen molar-refractivity contribution in [1.82, 2.24) is 10.2 Å². The third-order valence-electron chi connectivity index (χ3n) is 2.85. The minimum absolute atomic E-state index is 0.633. The van der Waals surface area contributed by atoms with E-state index in [2.05, 4.69) is 36.2 Å². The zero-order valence-corrected chi connectivity index (χ0v) is 10.4. The molecule has 84 valence electrons. The minimum Gasteiger partial charge on any atom is -0.313 e. The van der Waals surface area contributed by atoms with E-state index < -0.39 is 0 Å². The van der Waals surface area contributed by atoms with Crippen LogP contribution in [0.15, 0.2) is 12.1 Å². The highest BCUT2D eigenvalue weighted by molar-refractivity contribution is 7.11. The Morgan fingerprint density at radius 2 is 2.40 bits per heavy atom. The van der Waals surface area contributed by atoms with E-state index in [1.54, 1.807) is 0 Å². The molecule has 0 bridgehead atoms. The summed E-state index contributed by atoms with van der Waals surface area (Å²) in [6.45, 7) is 9.16. The smallest absolute Gasteiger partial charge is 0.0328 e. The van der Waals surface area contributed by atoms with Gasteiger partial charge in [-0.1, -0.05) is 0 Å². The average Bonchev–Trinajstić information content (AvgIpc) is 2.46. The second kappa shape index (κ2) is 5.10. The molecule has 2 heterocycles. The number of hydrogen-bond donors (Lipinski definition) is 1. The first-order valence-corrected chi connectivity index (χ1v) is 6.57. The third-order valence-corrected chi connectivity index (χ3v) is 3.84. The predicted molar refractivity (Wildman–Crippen MR) is 66.4 cm³/mol. The summed E-state index contributed by atoms with van der Waals surface area (Å²) in [5.41, 5.74) is 0. The van der Waals surface area contributed by atoms with Crippen LogP contribution in [-0.2, 0) is 6.54 Å². The van der Waals surface area contributed by atoms with E-state index in [1.807, 2.05) is 11.3 Å². The molecule has 3 heteroatoms. The van der Waals surface area contributed by atoms with Crippen LogP contribution in [0.25, 0.3) is 0 Å². The molecule has 0 spiro atoms. The van der Waals surface area contributed by atoms with Crippen molar-refractivity contribution in [2.75, 3.05) is 19.6 Å².